The van der Waals surface area contributed by atoms with Gasteiger partial charge in [-0.25, -0.2) is 9.97 Å². The third kappa shape index (κ3) is 3.04. The molecule has 0 saturated heterocycles. The van der Waals surface area contributed by atoms with Gasteiger partial charge in [-0.3, -0.25) is 4.98 Å². The fourth-order valence-corrected chi connectivity index (χ4v) is 1.80. The Labute approximate surface area is 115 Å². The van der Waals surface area contributed by atoms with Crippen molar-refractivity contribution in [2.75, 3.05) is 11.9 Å². The lowest BCUT2D eigenvalue weighted by atomic mass is 10.2. The summed E-state index contributed by atoms with van der Waals surface area (Å²) in [6.07, 6.45) is 4.61. The van der Waals surface area contributed by atoms with Gasteiger partial charge in [0.05, 0.1) is 4.47 Å². The maximum Gasteiger partial charge on any atom is 0.163 e. The quantitative estimate of drug-likeness (QED) is 0.940. The molecule has 0 fully saturated rings. The minimum absolute atomic E-state index is 0.685. The van der Waals surface area contributed by atoms with Crippen LogP contribution in [0.3, 0.4) is 0 Å². The van der Waals surface area contributed by atoms with Gasteiger partial charge in [0.15, 0.2) is 5.82 Å². The van der Waals surface area contributed by atoms with E-state index >= 15 is 0 Å². The van der Waals surface area contributed by atoms with Gasteiger partial charge in [0.1, 0.15) is 5.82 Å². The van der Waals surface area contributed by atoms with Crippen LogP contribution in [0.25, 0.3) is 11.4 Å². The predicted molar refractivity (Wildman–Crippen MR) is 76.5 cm³/mol. The highest BCUT2D eigenvalue weighted by Crippen LogP contribution is 2.22. The summed E-state index contributed by atoms with van der Waals surface area (Å²) in [5.41, 5.74) is 1.91. The van der Waals surface area contributed by atoms with Crippen LogP contribution in [0.5, 0.6) is 0 Å². The Balaban J connectivity index is 2.31. The van der Waals surface area contributed by atoms with Gasteiger partial charge in [0.25, 0.3) is 0 Å². The van der Waals surface area contributed by atoms with Gasteiger partial charge < -0.3 is 5.32 Å². The van der Waals surface area contributed by atoms with E-state index in [1.54, 1.807) is 12.4 Å². The van der Waals surface area contributed by atoms with E-state index in [9.17, 15) is 0 Å². The average molecular weight is 307 g/mol. The molecular weight excluding hydrogens is 292 g/mol. The van der Waals surface area contributed by atoms with Crippen LogP contribution >= 0.6 is 15.9 Å². The summed E-state index contributed by atoms with van der Waals surface area (Å²) in [4.78, 5) is 13.1. The lowest BCUT2D eigenvalue weighted by Gasteiger charge is -2.08. The summed E-state index contributed by atoms with van der Waals surface area (Å²) in [6, 6.07) is 3.94. The number of nitrogens with one attached hydrogen (secondary N) is 1. The second-order valence-electron chi connectivity index (χ2n) is 4.01. The number of halogens is 1. The van der Waals surface area contributed by atoms with Crippen LogP contribution in [0.15, 0.2) is 29.0 Å². The number of hydrogen-bond acceptors (Lipinski definition) is 4. The van der Waals surface area contributed by atoms with Crippen LogP contribution in [-0.4, -0.2) is 21.5 Å². The highest BCUT2D eigenvalue weighted by molar-refractivity contribution is 9.10. The maximum atomic E-state index is 4.50. The Morgan fingerprint density at radius 3 is 2.72 bits per heavy atom. The minimum Gasteiger partial charge on any atom is -0.369 e. The van der Waals surface area contributed by atoms with Crippen molar-refractivity contribution in [1.82, 2.24) is 15.0 Å². The molecule has 0 aliphatic heterocycles. The number of aromatic nitrogens is 3. The molecule has 2 aromatic heterocycles. The average Bonchev–Trinajstić information content (AvgIpc) is 2.39. The standard InChI is InChI=1S/C13H15BrN4/c1-3-6-15-13-11(14)8-17-12(18-13)10-5-4-9(2)16-7-10/h4-5,7-8H,3,6H2,1-2H3,(H,15,17,18). The molecule has 0 bridgehead atoms. The van der Waals surface area contributed by atoms with Crippen molar-refractivity contribution >= 4 is 21.7 Å². The van der Waals surface area contributed by atoms with Crippen molar-refractivity contribution in [3.8, 4) is 11.4 Å². The lowest BCUT2D eigenvalue weighted by molar-refractivity contribution is 0.963. The summed E-state index contributed by atoms with van der Waals surface area (Å²) < 4.78 is 0.875. The third-order valence-electron chi connectivity index (χ3n) is 2.46. The van der Waals surface area contributed by atoms with Crippen molar-refractivity contribution in [2.24, 2.45) is 0 Å². The zero-order chi connectivity index (χ0) is 13.0. The van der Waals surface area contributed by atoms with E-state index in [4.69, 9.17) is 0 Å². The zero-order valence-corrected chi connectivity index (χ0v) is 12.0. The fraction of sp³-hybridized carbons (Fsp3) is 0.308. The molecule has 0 radical (unpaired) electrons. The summed E-state index contributed by atoms with van der Waals surface area (Å²) in [6.45, 7) is 4.97. The van der Waals surface area contributed by atoms with Crippen LogP contribution in [-0.2, 0) is 0 Å². The Morgan fingerprint density at radius 2 is 2.06 bits per heavy atom. The number of anilines is 1. The zero-order valence-electron chi connectivity index (χ0n) is 10.4. The molecule has 2 rings (SSSR count). The molecular formula is C13H15BrN4. The Morgan fingerprint density at radius 1 is 1.22 bits per heavy atom. The first-order valence-electron chi connectivity index (χ1n) is 5.90. The molecule has 0 aliphatic rings. The monoisotopic (exact) mass is 306 g/mol. The van der Waals surface area contributed by atoms with Gasteiger partial charge in [0.2, 0.25) is 0 Å². The smallest absolute Gasteiger partial charge is 0.163 e. The molecule has 0 amide bonds. The maximum absolute atomic E-state index is 4.50. The molecule has 5 heteroatoms. The van der Waals surface area contributed by atoms with Gasteiger partial charge in [-0.15, -0.1) is 0 Å². The van der Waals surface area contributed by atoms with E-state index in [1.807, 2.05) is 19.1 Å². The molecule has 0 unspecified atom stereocenters. The molecule has 2 aromatic rings. The summed E-state index contributed by atoms with van der Waals surface area (Å²) in [5, 5.41) is 3.27. The van der Waals surface area contributed by atoms with E-state index in [0.717, 1.165) is 34.5 Å². The van der Waals surface area contributed by atoms with E-state index in [-0.39, 0.29) is 0 Å². The fourth-order valence-electron chi connectivity index (χ4n) is 1.47. The van der Waals surface area contributed by atoms with Gasteiger partial charge >= 0.3 is 0 Å². The number of pyridine rings is 1. The number of nitrogens with zero attached hydrogens (tertiary/aromatic N) is 3. The summed E-state index contributed by atoms with van der Waals surface area (Å²) >= 11 is 3.44. The van der Waals surface area contributed by atoms with Crippen LogP contribution < -0.4 is 5.32 Å². The third-order valence-corrected chi connectivity index (χ3v) is 3.04. The molecule has 94 valence electrons. The summed E-state index contributed by atoms with van der Waals surface area (Å²) in [7, 11) is 0. The molecule has 2 heterocycles. The normalized spacial score (nSPS) is 10.4. The topological polar surface area (TPSA) is 50.7 Å². The predicted octanol–water partition coefficient (Wildman–Crippen LogP) is 3.43. The van der Waals surface area contributed by atoms with Crippen LogP contribution in [0, 0.1) is 6.92 Å². The largest absolute Gasteiger partial charge is 0.369 e. The van der Waals surface area contributed by atoms with Crippen LogP contribution in [0.2, 0.25) is 0 Å². The van der Waals surface area contributed by atoms with Crippen molar-refractivity contribution in [2.45, 2.75) is 20.3 Å². The molecule has 18 heavy (non-hydrogen) atoms. The van der Waals surface area contributed by atoms with Gasteiger partial charge in [-0.05, 0) is 41.4 Å². The van der Waals surface area contributed by atoms with E-state index < -0.39 is 0 Å². The molecule has 0 aromatic carbocycles. The molecule has 0 aliphatic carbocycles. The Hall–Kier alpha value is -1.49. The first-order chi connectivity index (χ1) is 8.70. The van der Waals surface area contributed by atoms with E-state index in [1.165, 1.54) is 0 Å². The molecule has 4 nitrogen and oxygen atoms in total. The number of hydrogen-bond donors (Lipinski definition) is 1. The van der Waals surface area contributed by atoms with Crippen molar-refractivity contribution in [3.05, 3.63) is 34.7 Å². The first-order valence-corrected chi connectivity index (χ1v) is 6.69. The van der Waals surface area contributed by atoms with E-state index in [2.05, 4.69) is 43.1 Å². The van der Waals surface area contributed by atoms with Crippen molar-refractivity contribution in [1.29, 1.82) is 0 Å². The minimum atomic E-state index is 0.685. The lowest BCUT2D eigenvalue weighted by Crippen LogP contribution is -2.04. The number of rotatable bonds is 4. The Kier molecular flexibility index (Phi) is 4.25. The first kappa shape index (κ1) is 13.0. The van der Waals surface area contributed by atoms with Crippen molar-refractivity contribution < 1.29 is 0 Å². The van der Waals surface area contributed by atoms with Crippen LogP contribution in [0.1, 0.15) is 19.0 Å². The molecule has 0 atom stereocenters. The van der Waals surface area contributed by atoms with E-state index in [0.29, 0.717) is 5.82 Å². The second kappa shape index (κ2) is 5.91. The summed E-state index contributed by atoms with van der Waals surface area (Å²) in [5.74, 6) is 1.51. The van der Waals surface area contributed by atoms with Crippen molar-refractivity contribution in [3.63, 3.8) is 0 Å². The van der Waals surface area contributed by atoms with Gasteiger partial charge in [-0.2, -0.15) is 0 Å². The molecule has 1 N–H and O–H groups in total. The molecule has 0 spiro atoms. The SMILES string of the molecule is CCCNc1nc(-c2ccc(C)nc2)ncc1Br. The highest BCUT2D eigenvalue weighted by Gasteiger charge is 2.06. The van der Waals surface area contributed by atoms with Crippen LogP contribution in [0.4, 0.5) is 5.82 Å². The Bertz CT molecular complexity index is 525. The van der Waals surface area contributed by atoms with Gasteiger partial charge in [0, 0.05) is 30.2 Å². The number of aryl methyl sites for hydroxylation is 1. The van der Waals surface area contributed by atoms with Gasteiger partial charge in [-0.1, -0.05) is 6.92 Å². The second-order valence-corrected chi connectivity index (χ2v) is 4.86. The highest BCUT2D eigenvalue weighted by atomic mass is 79.9. The molecule has 0 saturated carbocycles.